The van der Waals surface area contributed by atoms with Crippen molar-refractivity contribution >= 4 is 10.9 Å². The molecule has 0 amide bonds. The SMILES string of the molecule is NC1(CO)CCc2[nH]c3ccc(OC(F)(F)F)cc3c2C1. The Hall–Kier alpha value is -1.73. The normalized spacial score (nSPS) is 22.3. The molecular weight excluding hydrogens is 285 g/mol. The maximum atomic E-state index is 12.3. The van der Waals surface area contributed by atoms with Crippen molar-refractivity contribution in [3.8, 4) is 5.75 Å². The van der Waals surface area contributed by atoms with Gasteiger partial charge in [-0.2, -0.15) is 0 Å². The highest BCUT2D eigenvalue weighted by Crippen LogP contribution is 2.35. The zero-order valence-corrected chi connectivity index (χ0v) is 11.1. The third-order valence-electron chi connectivity index (χ3n) is 3.92. The van der Waals surface area contributed by atoms with Crippen molar-refractivity contribution in [3.63, 3.8) is 0 Å². The van der Waals surface area contributed by atoms with Crippen LogP contribution in [0.1, 0.15) is 17.7 Å². The van der Waals surface area contributed by atoms with Gasteiger partial charge in [-0.25, -0.2) is 0 Å². The van der Waals surface area contributed by atoms with Crippen LogP contribution in [-0.4, -0.2) is 28.6 Å². The molecule has 21 heavy (non-hydrogen) atoms. The first-order chi connectivity index (χ1) is 9.80. The number of rotatable bonds is 2. The topological polar surface area (TPSA) is 71.3 Å². The highest BCUT2D eigenvalue weighted by Gasteiger charge is 2.33. The minimum Gasteiger partial charge on any atom is -0.406 e. The molecule has 0 saturated carbocycles. The maximum Gasteiger partial charge on any atom is 0.573 e. The third-order valence-corrected chi connectivity index (χ3v) is 3.92. The number of alkyl halides is 3. The summed E-state index contributed by atoms with van der Waals surface area (Å²) < 4.78 is 40.9. The van der Waals surface area contributed by atoms with Crippen molar-refractivity contribution < 1.29 is 23.0 Å². The molecular formula is C14H15F3N2O2. The summed E-state index contributed by atoms with van der Waals surface area (Å²) in [6.07, 6.45) is -2.99. The van der Waals surface area contributed by atoms with Crippen LogP contribution in [0.15, 0.2) is 18.2 Å². The van der Waals surface area contributed by atoms with E-state index in [1.54, 1.807) is 6.07 Å². The van der Waals surface area contributed by atoms with Gasteiger partial charge in [-0.1, -0.05) is 0 Å². The van der Waals surface area contributed by atoms with Gasteiger partial charge in [-0.05, 0) is 43.0 Å². The second kappa shape index (κ2) is 4.64. The van der Waals surface area contributed by atoms with Gasteiger partial charge in [0.05, 0.1) is 6.61 Å². The fourth-order valence-electron chi connectivity index (χ4n) is 2.84. The summed E-state index contributed by atoms with van der Waals surface area (Å²) in [5.41, 5.74) is 7.94. The van der Waals surface area contributed by atoms with Crippen molar-refractivity contribution in [1.29, 1.82) is 0 Å². The number of hydrogen-bond donors (Lipinski definition) is 3. The lowest BCUT2D eigenvalue weighted by atomic mass is 9.81. The molecule has 7 heteroatoms. The predicted molar refractivity (Wildman–Crippen MR) is 71.0 cm³/mol. The Labute approximate surface area is 118 Å². The molecule has 1 atom stereocenters. The molecule has 1 aromatic heterocycles. The molecule has 1 unspecified atom stereocenters. The van der Waals surface area contributed by atoms with Crippen LogP contribution in [0.25, 0.3) is 10.9 Å². The second-order valence-corrected chi connectivity index (χ2v) is 5.53. The van der Waals surface area contributed by atoms with E-state index in [1.807, 2.05) is 0 Å². The number of benzene rings is 1. The highest BCUT2D eigenvalue weighted by molar-refractivity contribution is 5.86. The summed E-state index contributed by atoms with van der Waals surface area (Å²) in [5, 5.41) is 10.0. The first kappa shape index (κ1) is 14.2. The lowest BCUT2D eigenvalue weighted by Crippen LogP contribution is -2.48. The number of aliphatic hydroxyl groups excluding tert-OH is 1. The molecule has 0 spiro atoms. The quantitative estimate of drug-likeness (QED) is 0.796. The van der Waals surface area contributed by atoms with E-state index in [0.717, 1.165) is 16.8 Å². The van der Waals surface area contributed by atoms with E-state index >= 15 is 0 Å². The van der Waals surface area contributed by atoms with E-state index in [4.69, 9.17) is 5.73 Å². The number of aromatic nitrogens is 1. The van der Waals surface area contributed by atoms with Crippen LogP contribution in [-0.2, 0) is 12.8 Å². The average molecular weight is 300 g/mol. The number of aryl methyl sites for hydroxylation is 1. The summed E-state index contributed by atoms with van der Waals surface area (Å²) in [7, 11) is 0. The lowest BCUT2D eigenvalue weighted by Gasteiger charge is -2.31. The Kier molecular flexibility index (Phi) is 3.14. The lowest BCUT2D eigenvalue weighted by molar-refractivity contribution is -0.274. The summed E-state index contributed by atoms with van der Waals surface area (Å²) in [6.45, 7) is -0.155. The molecule has 3 rings (SSSR count). The van der Waals surface area contributed by atoms with Crippen molar-refractivity contribution in [1.82, 2.24) is 4.98 Å². The molecule has 0 radical (unpaired) electrons. The van der Waals surface area contributed by atoms with Crippen LogP contribution in [0.5, 0.6) is 5.75 Å². The van der Waals surface area contributed by atoms with Crippen LogP contribution < -0.4 is 10.5 Å². The summed E-state index contributed by atoms with van der Waals surface area (Å²) in [6, 6.07) is 4.20. The minimum atomic E-state index is -4.72. The fraction of sp³-hybridized carbons (Fsp3) is 0.429. The number of aromatic amines is 1. The van der Waals surface area contributed by atoms with E-state index in [9.17, 15) is 18.3 Å². The molecule has 1 aliphatic rings. The van der Waals surface area contributed by atoms with Gasteiger partial charge in [0.1, 0.15) is 5.75 Å². The fourth-order valence-corrected chi connectivity index (χ4v) is 2.84. The number of hydrogen-bond acceptors (Lipinski definition) is 3. The first-order valence-corrected chi connectivity index (χ1v) is 6.59. The van der Waals surface area contributed by atoms with Crippen LogP contribution >= 0.6 is 0 Å². The molecule has 1 aliphatic carbocycles. The number of H-pyrrole nitrogens is 1. The van der Waals surface area contributed by atoms with Gasteiger partial charge in [0.15, 0.2) is 0 Å². The van der Waals surface area contributed by atoms with Crippen molar-refractivity contribution in [2.75, 3.05) is 6.61 Å². The largest absolute Gasteiger partial charge is 0.573 e. The Morgan fingerprint density at radius 1 is 1.38 bits per heavy atom. The smallest absolute Gasteiger partial charge is 0.406 e. The Morgan fingerprint density at radius 3 is 2.81 bits per heavy atom. The molecule has 0 saturated heterocycles. The monoisotopic (exact) mass is 300 g/mol. The summed E-state index contributed by atoms with van der Waals surface area (Å²) >= 11 is 0. The molecule has 0 aliphatic heterocycles. The first-order valence-electron chi connectivity index (χ1n) is 6.59. The second-order valence-electron chi connectivity index (χ2n) is 5.53. The summed E-state index contributed by atoms with van der Waals surface area (Å²) in [5.74, 6) is -0.256. The number of halogens is 3. The van der Waals surface area contributed by atoms with Crippen molar-refractivity contribution in [3.05, 3.63) is 29.5 Å². The van der Waals surface area contributed by atoms with Crippen LogP contribution in [0.2, 0.25) is 0 Å². The Bertz CT molecular complexity index is 681. The molecule has 114 valence electrons. The number of fused-ring (bicyclic) bond motifs is 3. The van der Waals surface area contributed by atoms with Crippen molar-refractivity contribution in [2.45, 2.75) is 31.2 Å². The van der Waals surface area contributed by atoms with Gasteiger partial charge in [0.25, 0.3) is 0 Å². The van der Waals surface area contributed by atoms with E-state index in [-0.39, 0.29) is 12.4 Å². The van der Waals surface area contributed by atoms with Crippen LogP contribution in [0.4, 0.5) is 13.2 Å². The molecule has 0 fully saturated rings. The van der Waals surface area contributed by atoms with Gasteiger partial charge < -0.3 is 20.6 Å². The van der Waals surface area contributed by atoms with Gasteiger partial charge in [-0.3, -0.25) is 0 Å². The number of aliphatic hydroxyl groups is 1. The zero-order valence-electron chi connectivity index (χ0n) is 11.1. The van der Waals surface area contributed by atoms with Crippen LogP contribution in [0, 0.1) is 0 Å². The average Bonchev–Trinajstić information content (AvgIpc) is 2.74. The standard InChI is InChI=1S/C14H15F3N2O2/c15-14(16,17)21-8-1-2-11-9(5-8)10-6-13(18,7-20)4-3-12(10)19-11/h1-2,5,19-20H,3-4,6-7,18H2. The van der Waals surface area contributed by atoms with E-state index < -0.39 is 11.9 Å². The molecule has 1 heterocycles. The highest BCUT2D eigenvalue weighted by atomic mass is 19.4. The van der Waals surface area contributed by atoms with E-state index in [1.165, 1.54) is 12.1 Å². The Morgan fingerprint density at radius 2 is 2.14 bits per heavy atom. The Balaban J connectivity index is 2.03. The molecule has 0 bridgehead atoms. The van der Waals surface area contributed by atoms with Crippen molar-refractivity contribution in [2.24, 2.45) is 5.73 Å². The van der Waals surface area contributed by atoms with E-state index in [0.29, 0.717) is 24.6 Å². The molecule has 2 aromatic rings. The minimum absolute atomic E-state index is 0.155. The van der Waals surface area contributed by atoms with E-state index in [2.05, 4.69) is 9.72 Å². The zero-order chi connectivity index (χ0) is 15.3. The molecule has 4 nitrogen and oxygen atoms in total. The van der Waals surface area contributed by atoms with Gasteiger partial charge in [0.2, 0.25) is 0 Å². The van der Waals surface area contributed by atoms with Crippen LogP contribution in [0.3, 0.4) is 0 Å². The summed E-state index contributed by atoms with van der Waals surface area (Å²) in [4.78, 5) is 3.19. The molecule has 1 aromatic carbocycles. The number of nitrogens with two attached hydrogens (primary N) is 1. The van der Waals surface area contributed by atoms with Gasteiger partial charge in [0, 0.05) is 22.1 Å². The third kappa shape index (κ3) is 2.71. The predicted octanol–water partition coefficient (Wildman–Crippen LogP) is 2.25. The molecule has 4 N–H and O–H groups in total. The number of ether oxygens (including phenoxy) is 1. The van der Waals surface area contributed by atoms with Gasteiger partial charge >= 0.3 is 6.36 Å². The number of nitrogens with one attached hydrogen (secondary N) is 1. The van der Waals surface area contributed by atoms with Gasteiger partial charge in [-0.15, -0.1) is 13.2 Å². The maximum absolute atomic E-state index is 12.3.